The van der Waals surface area contributed by atoms with Crippen molar-refractivity contribution in [2.24, 2.45) is 17.1 Å². The number of rotatable bonds is 6. The fraction of sp³-hybridized carbons (Fsp3) is 0.571. The topological polar surface area (TPSA) is 46.2 Å². The Balaban J connectivity index is 2.16. The van der Waals surface area contributed by atoms with Crippen LogP contribution in [0.15, 0.2) is 18.2 Å². The first kappa shape index (κ1) is 13.4. The number of nitrogens with two attached hydrogens (primary N) is 1. The van der Waals surface area contributed by atoms with Gasteiger partial charge >= 0.3 is 0 Å². The first-order valence-corrected chi connectivity index (χ1v) is 6.33. The summed E-state index contributed by atoms with van der Waals surface area (Å²) in [4.78, 5) is 0. The maximum atomic E-state index is 13.6. The van der Waals surface area contributed by atoms with Crippen molar-refractivity contribution in [3.05, 3.63) is 35.4 Å². The summed E-state index contributed by atoms with van der Waals surface area (Å²) in [6.07, 6.45) is 3.50. The number of aliphatic hydroxyl groups excluding tert-OH is 1. The first-order valence-electron chi connectivity index (χ1n) is 6.33. The van der Waals surface area contributed by atoms with Crippen LogP contribution < -0.4 is 5.73 Å². The van der Waals surface area contributed by atoms with Gasteiger partial charge in [-0.2, -0.15) is 0 Å². The Bertz CT molecular complexity index is 414. The predicted molar refractivity (Wildman–Crippen MR) is 66.0 cm³/mol. The van der Waals surface area contributed by atoms with E-state index in [1.165, 1.54) is 12.1 Å². The van der Waals surface area contributed by atoms with Gasteiger partial charge in [-0.25, -0.2) is 8.78 Å². The van der Waals surface area contributed by atoms with E-state index in [9.17, 15) is 13.9 Å². The van der Waals surface area contributed by atoms with Crippen molar-refractivity contribution >= 4 is 0 Å². The molecule has 1 aromatic carbocycles. The Morgan fingerprint density at radius 2 is 2.06 bits per heavy atom. The third-order valence-corrected chi connectivity index (χ3v) is 3.77. The normalized spacial score (nSPS) is 18.7. The number of hydrogen-bond acceptors (Lipinski definition) is 2. The highest BCUT2D eigenvalue weighted by Gasteiger charge is 2.36. The molecule has 4 heteroatoms. The summed E-state index contributed by atoms with van der Waals surface area (Å²) >= 11 is 0. The summed E-state index contributed by atoms with van der Waals surface area (Å²) in [5.41, 5.74) is 5.72. The van der Waals surface area contributed by atoms with Crippen molar-refractivity contribution in [2.45, 2.75) is 25.7 Å². The Kier molecular flexibility index (Phi) is 3.97. The van der Waals surface area contributed by atoms with Crippen LogP contribution in [0.3, 0.4) is 0 Å². The molecule has 18 heavy (non-hydrogen) atoms. The summed E-state index contributed by atoms with van der Waals surface area (Å²) in [6.45, 7) is 0.258. The molecule has 1 fully saturated rings. The first-order chi connectivity index (χ1) is 8.58. The van der Waals surface area contributed by atoms with E-state index in [4.69, 9.17) is 5.73 Å². The van der Waals surface area contributed by atoms with E-state index in [1.54, 1.807) is 0 Å². The number of hydrogen-bond donors (Lipinski definition) is 2. The summed E-state index contributed by atoms with van der Waals surface area (Å²) in [7, 11) is 0. The summed E-state index contributed by atoms with van der Waals surface area (Å²) < 4.78 is 26.5. The highest BCUT2D eigenvalue weighted by Crippen LogP contribution is 2.41. The van der Waals surface area contributed by atoms with Gasteiger partial charge in [-0.1, -0.05) is 18.9 Å². The summed E-state index contributed by atoms with van der Waals surface area (Å²) in [6, 6.07) is 3.57. The average Bonchev–Trinajstić information content (AvgIpc) is 3.15. The lowest BCUT2D eigenvalue weighted by Gasteiger charge is -2.31. The van der Waals surface area contributed by atoms with E-state index in [1.807, 2.05) is 0 Å². The smallest absolute Gasteiger partial charge is 0.129 e. The van der Waals surface area contributed by atoms with Crippen molar-refractivity contribution in [3.8, 4) is 0 Å². The predicted octanol–water partition coefficient (Wildman–Crippen LogP) is 2.24. The van der Waals surface area contributed by atoms with Crippen molar-refractivity contribution in [3.63, 3.8) is 0 Å². The van der Waals surface area contributed by atoms with Gasteiger partial charge in [0.1, 0.15) is 11.6 Å². The van der Waals surface area contributed by atoms with Crippen molar-refractivity contribution < 1.29 is 13.9 Å². The van der Waals surface area contributed by atoms with Crippen LogP contribution in [-0.4, -0.2) is 18.3 Å². The third-order valence-electron chi connectivity index (χ3n) is 3.77. The van der Waals surface area contributed by atoms with E-state index in [-0.39, 0.29) is 6.61 Å². The van der Waals surface area contributed by atoms with Gasteiger partial charge in [0.25, 0.3) is 0 Å². The van der Waals surface area contributed by atoms with Crippen LogP contribution >= 0.6 is 0 Å². The Hall–Kier alpha value is -1.00. The molecule has 0 aliphatic heterocycles. The highest BCUT2D eigenvalue weighted by molar-refractivity contribution is 5.20. The average molecular weight is 255 g/mol. The second kappa shape index (κ2) is 5.33. The molecule has 0 spiro atoms. The molecule has 1 unspecified atom stereocenters. The molecule has 0 radical (unpaired) electrons. The molecule has 1 saturated carbocycles. The van der Waals surface area contributed by atoms with Crippen molar-refractivity contribution in [2.75, 3.05) is 13.2 Å². The van der Waals surface area contributed by atoms with Gasteiger partial charge in [0.05, 0.1) is 6.61 Å². The lowest BCUT2D eigenvalue weighted by molar-refractivity contribution is 0.114. The zero-order valence-electron chi connectivity index (χ0n) is 10.3. The third kappa shape index (κ3) is 3.06. The fourth-order valence-electron chi connectivity index (χ4n) is 2.42. The SMILES string of the molecule is NCC(CO)(Cc1ccc(F)cc1F)CC1CC1. The van der Waals surface area contributed by atoms with Gasteiger partial charge in [0, 0.05) is 18.0 Å². The van der Waals surface area contributed by atoms with Gasteiger partial charge in [0.15, 0.2) is 0 Å². The van der Waals surface area contributed by atoms with E-state index >= 15 is 0 Å². The van der Waals surface area contributed by atoms with Gasteiger partial charge in [-0.3, -0.25) is 0 Å². The lowest BCUT2D eigenvalue weighted by Crippen LogP contribution is -2.37. The van der Waals surface area contributed by atoms with Gasteiger partial charge in [0.2, 0.25) is 0 Å². The van der Waals surface area contributed by atoms with Crippen LogP contribution in [0.5, 0.6) is 0 Å². The molecule has 0 heterocycles. The van der Waals surface area contributed by atoms with Crippen LogP contribution in [0, 0.1) is 23.0 Å². The molecule has 100 valence electrons. The van der Waals surface area contributed by atoms with Crippen molar-refractivity contribution in [1.29, 1.82) is 0 Å². The molecule has 0 aromatic heterocycles. The highest BCUT2D eigenvalue weighted by atomic mass is 19.1. The molecule has 3 N–H and O–H groups in total. The zero-order chi connectivity index (χ0) is 13.2. The maximum absolute atomic E-state index is 13.6. The molecule has 0 bridgehead atoms. The molecule has 1 aliphatic carbocycles. The summed E-state index contributed by atoms with van der Waals surface area (Å²) in [5.74, 6) is -0.540. The fourth-order valence-corrected chi connectivity index (χ4v) is 2.42. The maximum Gasteiger partial charge on any atom is 0.129 e. The molecule has 0 amide bonds. The molecule has 2 rings (SSSR count). The molecule has 2 nitrogen and oxygen atoms in total. The van der Waals surface area contributed by atoms with Crippen LogP contribution in [-0.2, 0) is 6.42 Å². The van der Waals surface area contributed by atoms with Crippen molar-refractivity contribution in [1.82, 2.24) is 0 Å². The molecular weight excluding hydrogens is 236 g/mol. The minimum Gasteiger partial charge on any atom is -0.396 e. The van der Waals surface area contributed by atoms with Crippen LogP contribution in [0.25, 0.3) is 0 Å². The largest absolute Gasteiger partial charge is 0.396 e. The minimum absolute atomic E-state index is 0.0587. The van der Waals surface area contributed by atoms with Gasteiger partial charge in [-0.05, 0) is 30.4 Å². The number of benzene rings is 1. The van der Waals surface area contributed by atoms with Crippen LogP contribution in [0.4, 0.5) is 8.78 Å². The summed E-state index contributed by atoms with van der Waals surface area (Å²) in [5, 5.41) is 9.58. The number of aliphatic hydroxyl groups is 1. The standard InChI is InChI=1S/C14H19F2NO/c15-12-4-3-11(13(16)5-12)7-14(8-17,9-18)6-10-1-2-10/h3-5,10,18H,1-2,6-9,17H2. The Morgan fingerprint density at radius 3 is 2.56 bits per heavy atom. The second-order valence-electron chi connectivity index (χ2n) is 5.42. The van der Waals surface area contributed by atoms with E-state index in [0.717, 1.165) is 25.3 Å². The monoisotopic (exact) mass is 255 g/mol. The quantitative estimate of drug-likeness (QED) is 0.819. The van der Waals surface area contributed by atoms with E-state index in [0.29, 0.717) is 24.4 Å². The van der Waals surface area contributed by atoms with Crippen LogP contribution in [0.2, 0.25) is 0 Å². The van der Waals surface area contributed by atoms with E-state index in [2.05, 4.69) is 0 Å². The Labute approximate surface area is 106 Å². The van der Waals surface area contributed by atoms with Gasteiger partial charge < -0.3 is 10.8 Å². The second-order valence-corrected chi connectivity index (χ2v) is 5.42. The molecule has 1 aliphatic rings. The number of halogens is 2. The molecule has 1 aromatic rings. The van der Waals surface area contributed by atoms with E-state index < -0.39 is 17.0 Å². The van der Waals surface area contributed by atoms with Gasteiger partial charge in [-0.15, -0.1) is 0 Å². The Morgan fingerprint density at radius 1 is 1.33 bits per heavy atom. The lowest BCUT2D eigenvalue weighted by atomic mass is 9.77. The zero-order valence-corrected chi connectivity index (χ0v) is 10.3. The van der Waals surface area contributed by atoms with Crippen LogP contribution in [0.1, 0.15) is 24.8 Å². The molecular formula is C14H19F2NO. The molecule has 0 saturated heterocycles. The minimum atomic E-state index is -0.583. The molecule has 1 atom stereocenters.